The van der Waals surface area contributed by atoms with Crippen molar-refractivity contribution in [2.75, 3.05) is 11.9 Å². The number of esters is 1. The molecule has 2 rings (SSSR count). The van der Waals surface area contributed by atoms with Crippen LogP contribution in [0.5, 0.6) is 0 Å². The molecule has 1 heterocycles. The van der Waals surface area contributed by atoms with E-state index in [0.717, 1.165) is 29.7 Å². The first-order valence-electron chi connectivity index (χ1n) is 8.63. The van der Waals surface area contributed by atoms with Gasteiger partial charge in [0.2, 0.25) is 5.91 Å². The van der Waals surface area contributed by atoms with Crippen molar-refractivity contribution in [3.8, 4) is 0 Å². The maximum absolute atomic E-state index is 12.4. The van der Waals surface area contributed by atoms with Gasteiger partial charge in [0.1, 0.15) is 5.00 Å². The third kappa shape index (κ3) is 5.04. The molecule has 6 nitrogen and oxygen atoms in total. The van der Waals surface area contributed by atoms with Gasteiger partial charge < -0.3 is 15.4 Å². The summed E-state index contributed by atoms with van der Waals surface area (Å²) in [5, 5.41) is 6.08. The highest BCUT2D eigenvalue weighted by Crippen LogP contribution is 2.33. The van der Waals surface area contributed by atoms with Gasteiger partial charge in [-0.05, 0) is 38.2 Å². The minimum absolute atomic E-state index is 0.153. The standard InChI is InChI=1S/C18H26N2O4S/c1-10-7-5-6-8-14(10)20-15(22)9-24-18(23)16-11(2)12(3)25-17(16)19-13(4)21/h10,14H,5-9H2,1-4H3,(H,19,21)(H,20,22). The maximum Gasteiger partial charge on any atom is 0.341 e. The van der Waals surface area contributed by atoms with Gasteiger partial charge in [0, 0.05) is 17.8 Å². The van der Waals surface area contributed by atoms with Crippen molar-refractivity contribution >= 4 is 34.1 Å². The van der Waals surface area contributed by atoms with Gasteiger partial charge in [-0.3, -0.25) is 9.59 Å². The first-order chi connectivity index (χ1) is 11.8. The predicted molar refractivity (Wildman–Crippen MR) is 97.9 cm³/mol. The van der Waals surface area contributed by atoms with Crippen LogP contribution in [0.1, 0.15) is 60.3 Å². The molecule has 0 aromatic carbocycles. The van der Waals surface area contributed by atoms with Crippen molar-refractivity contribution in [3.05, 3.63) is 16.0 Å². The number of carbonyl (C=O) groups is 3. The lowest BCUT2D eigenvalue weighted by atomic mass is 9.86. The van der Waals surface area contributed by atoms with Gasteiger partial charge in [-0.2, -0.15) is 0 Å². The summed E-state index contributed by atoms with van der Waals surface area (Å²) in [6.07, 6.45) is 4.39. The molecule has 1 aromatic rings. The summed E-state index contributed by atoms with van der Waals surface area (Å²) in [6, 6.07) is 0.153. The molecule has 2 atom stereocenters. The molecule has 0 bridgehead atoms. The van der Waals surface area contributed by atoms with E-state index in [-0.39, 0.29) is 24.5 Å². The van der Waals surface area contributed by atoms with Crippen molar-refractivity contribution in [1.29, 1.82) is 0 Å². The van der Waals surface area contributed by atoms with E-state index in [2.05, 4.69) is 17.6 Å². The zero-order valence-corrected chi connectivity index (χ0v) is 16.0. The van der Waals surface area contributed by atoms with Gasteiger partial charge in [0.25, 0.3) is 5.91 Å². The molecule has 138 valence electrons. The molecule has 0 spiro atoms. The Morgan fingerprint density at radius 2 is 1.88 bits per heavy atom. The van der Waals surface area contributed by atoms with E-state index in [1.807, 2.05) is 6.92 Å². The number of nitrogens with one attached hydrogen (secondary N) is 2. The molecule has 0 radical (unpaired) electrons. The Kier molecular flexibility index (Phi) is 6.58. The number of hydrogen-bond acceptors (Lipinski definition) is 5. The van der Waals surface area contributed by atoms with Gasteiger partial charge in [-0.25, -0.2) is 4.79 Å². The second-order valence-electron chi connectivity index (χ2n) is 6.68. The number of rotatable bonds is 5. The molecular formula is C18H26N2O4S. The molecule has 2 unspecified atom stereocenters. The summed E-state index contributed by atoms with van der Waals surface area (Å²) in [7, 11) is 0. The molecule has 0 aliphatic heterocycles. The van der Waals surface area contributed by atoms with E-state index in [1.54, 1.807) is 6.92 Å². The minimum Gasteiger partial charge on any atom is -0.452 e. The third-order valence-electron chi connectivity index (χ3n) is 4.67. The zero-order valence-electron chi connectivity index (χ0n) is 15.2. The monoisotopic (exact) mass is 366 g/mol. The largest absolute Gasteiger partial charge is 0.452 e. The van der Waals surface area contributed by atoms with E-state index in [1.165, 1.54) is 24.7 Å². The lowest BCUT2D eigenvalue weighted by Gasteiger charge is -2.29. The van der Waals surface area contributed by atoms with E-state index in [9.17, 15) is 14.4 Å². The molecule has 1 saturated carbocycles. The molecule has 0 saturated heterocycles. The normalized spacial score (nSPS) is 20.0. The van der Waals surface area contributed by atoms with Crippen LogP contribution in [0.15, 0.2) is 0 Å². The van der Waals surface area contributed by atoms with Gasteiger partial charge in [0.05, 0.1) is 5.56 Å². The van der Waals surface area contributed by atoms with Crippen molar-refractivity contribution < 1.29 is 19.1 Å². The fourth-order valence-corrected chi connectivity index (χ4v) is 4.20. The van der Waals surface area contributed by atoms with Gasteiger partial charge in [0.15, 0.2) is 6.61 Å². The van der Waals surface area contributed by atoms with Crippen LogP contribution in [0, 0.1) is 19.8 Å². The quantitative estimate of drug-likeness (QED) is 0.784. The van der Waals surface area contributed by atoms with Gasteiger partial charge in [-0.1, -0.05) is 19.8 Å². The minimum atomic E-state index is -0.586. The Labute approximate surface area is 152 Å². The number of carbonyl (C=O) groups excluding carboxylic acids is 3. The number of thiophene rings is 1. The molecule has 7 heteroatoms. The van der Waals surface area contributed by atoms with Crippen LogP contribution in [-0.2, 0) is 14.3 Å². The van der Waals surface area contributed by atoms with E-state index >= 15 is 0 Å². The molecule has 1 aliphatic rings. The van der Waals surface area contributed by atoms with E-state index in [4.69, 9.17) is 4.74 Å². The molecular weight excluding hydrogens is 340 g/mol. The Hall–Kier alpha value is -1.89. The van der Waals surface area contributed by atoms with E-state index in [0.29, 0.717) is 16.5 Å². The van der Waals surface area contributed by atoms with Crippen LogP contribution in [0.4, 0.5) is 5.00 Å². The SMILES string of the molecule is CC(=O)Nc1sc(C)c(C)c1C(=O)OCC(=O)NC1CCCCC1C. The van der Waals surface area contributed by atoms with Crippen LogP contribution in [0.3, 0.4) is 0 Å². The van der Waals surface area contributed by atoms with Gasteiger partial charge in [-0.15, -0.1) is 11.3 Å². The summed E-state index contributed by atoms with van der Waals surface area (Å²) in [5.41, 5.74) is 1.09. The van der Waals surface area contributed by atoms with Crippen LogP contribution in [0.25, 0.3) is 0 Å². The smallest absolute Gasteiger partial charge is 0.341 e. The van der Waals surface area contributed by atoms with E-state index < -0.39 is 5.97 Å². The summed E-state index contributed by atoms with van der Waals surface area (Å²) in [5.74, 6) is -0.670. The summed E-state index contributed by atoms with van der Waals surface area (Å²) < 4.78 is 5.19. The average Bonchev–Trinajstić information content (AvgIpc) is 2.81. The Balaban J connectivity index is 1.95. The highest BCUT2D eigenvalue weighted by Gasteiger charge is 2.25. The first kappa shape index (κ1) is 19.4. The fraction of sp³-hybridized carbons (Fsp3) is 0.611. The Morgan fingerprint density at radius 3 is 2.52 bits per heavy atom. The van der Waals surface area contributed by atoms with Crippen molar-refractivity contribution in [1.82, 2.24) is 5.32 Å². The lowest BCUT2D eigenvalue weighted by molar-refractivity contribution is -0.125. The average molecular weight is 366 g/mol. The maximum atomic E-state index is 12.4. The van der Waals surface area contributed by atoms with Crippen molar-refractivity contribution in [3.63, 3.8) is 0 Å². The fourth-order valence-electron chi connectivity index (χ4n) is 3.10. The van der Waals surface area contributed by atoms with Crippen LogP contribution >= 0.6 is 11.3 Å². The van der Waals surface area contributed by atoms with Crippen molar-refractivity contribution in [2.24, 2.45) is 5.92 Å². The second kappa shape index (κ2) is 8.47. The summed E-state index contributed by atoms with van der Waals surface area (Å²) in [4.78, 5) is 36.7. The molecule has 1 aromatic heterocycles. The van der Waals surface area contributed by atoms with Crippen LogP contribution < -0.4 is 10.6 Å². The Morgan fingerprint density at radius 1 is 1.20 bits per heavy atom. The third-order valence-corrected chi connectivity index (χ3v) is 5.79. The molecule has 1 fully saturated rings. The molecule has 2 amide bonds. The first-order valence-corrected chi connectivity index (χ1v) is 9.45. The summed E-state index contributed by atoms with van der Waals surface area (Å²) >= 11 is 1.33. The molecule has 25 heavy (non-hydrogen) atoms. The second-order valence-corrected chi connectivity index (χ2v) is 7.91. The topological polar surface area (TPSA) is 84.5 Å². The number of ether oxygens (including phenoxy) is 1. The summed E-state index contributed by atoms with van der Waals surface area (Å²) in [6.45, 7) is 6.89. The van der Waals surface area contributed by atoms with Crippen molar-refractivity contribution in [2.45, 2.75) is 59.4 Å². The highest BCUT2D eigenvalue weighted by atomic mass is 32.1. The van der Waals surface area contributed by atoms with Crippen LogP contribution in [-0.4, -0.2) is 30.4 Å². The number of anilines is 1. The number of aryl methyl sites for hydroxylation is 1. The number of hydrogen-bond donors (Lipinski definition) is 2. The Bertz CT molecular complexity index is 668. The lowest BCUT2D eigenvalue weighted by Crippen LogP contribution is -2.42. The molecule has 2 N–H and O–H groups in total. The number of amides is 2. The molecule has 1 aliphatic carbocycles. The zero-order chi connectivity index (χ0) is 18.6. The highest BCUT2D eigenvalue weighted by molar-refractivity contribution is 7.16. The predicted octanol–water partition coefficient (Wildman–Crippen LogP) is 3.18. The van der Waals surface area contributed by atoms with Crippen LogP contribution in [0.2, 0.25) is 0 Å². The van der Waals surface area contributed by atoms with Gasteiger partial charge >= 0.3 is 5.97 Å².